The molecule has 0 bridgehead atoms. The van der Waals surface area contributed by atoms with Crippen LogP contribution in [-0.4, -0.2) is 25.4 Å². The molecule has 1 heterocycles. The van der Waals surface area contributed by atoms with Crippen molar-refractivity contribution in [1.82, 2.24) is 5.32 Å². The van der Waals surface area contributed by atoms with Gasteiger partial charge in [0.2, 0.25) is 0 Å². The summed E-state index contributed by atoms with van der Waals surface area (Å²) in [6.45, 7) is 8.71. The van der Waals surface area contributed by atoms with E-state index >= 15 is 0 Å². The highest BCUT2D eigenvalue weighted by atomic mass is 16.5. The molecule has 0 radical (unpaired) electrons. The minimum Gasteiger partial charge on any atom is -0.464 e. The lowest BCUT2D eigenvalue weighted by molar-refractivity contribution is 0.0102. The van der Waals surface area contributed by atoms with E-state index in [-0.39, 0.29) is 6.10 Å². The quantitative estimate of drug-likeness (QED) is 0.699. The Morgan fingerprint density at radius 2 is 2.16 bits per heavy atom. The molecule has 4 heteroatoms. The van der Waals surface area contributed by atoms with Crippen LogP contribution in [0.5, 0.6) is 0 Å². The van der Waals surface area contributed by atoms with Crippen molar-refractivity contribution in [2.24, 2.45) is 0 Å². The minimum atomic E-state index is 0.259. The van der Waals surface area contributed by atoms with Gasteiger partial charge in [0.05, 0.1) is 19.3 Å². The van der Waals surface area contributed by atoms with Crippen LogP contribution < -0.4 is 5.32 Å². The number of aryl methyl sites for hydroxylation is 1. The van der Waals surface area contributed by atoms with Gasteiger partial charge in [-0.2, -0.15) is 0 Å². The smallest absolute Gasteiger partial charge is 0.130 e. The molecule has 1 fully saturated rings. The third kappa shape index (κ3) is 5.35. The predicted molar refractivity (Wildman–Crippen MR) is 74.1 cm³/mol. The van der Waals surface area contributed by atoms with Crippen molar-refractivity contribution < 1.29 is 13.9 Å². The maximum absolute atomic E-state index is 5.69. The van der Waals surface area contributed by atoms with Gasteiger partial charge in [-0.3, -0.25) is 0 Å². The Morgan fingerprint density at radius 3 is 2.84 bits per heavy atom. The van der Waals surface area contributed by atoms with Crippen molar-refractivity contribution in [2.45, 2.75) is 58.9 Å². The zero-order valence-electron chi connectivity index (χ0n) is 12.2. The van der Waals surface area contributed by atoms with Crippen LogP contribution in [0.15, 0.2) is 10.5 Å². The third-order valence-electron chi connectivity index (χ3n) is 3.15. The van der Waals surface area contributed by atoms with Crippen LogP contribution in [0.4, 0.5) is 0 Å². The second-order valence-electron chi connectivity index (χ2n) is 5.42. The van der Waals surface area contributed by atoms with Crippen LogP contribution >= 0.6 is 0 Å². The number of rotatable bonds is 9. The first-order chi connectivity index (χ1) is 9.15. The monoisotopic (exact) mass is 267 g/mol. The summed E-state index contributed by atoms with van der Waals surface area (Å²) in [5.74, 6) is 1.89. The molecule has 1 N–H and O–H groups in total. The zero-order valence-corrected chi connectivity index (χ0v) is 12.2. The molecule has 1 aliphatic rings. The van der Waals surface area contributed by atoms with Gasteiger partial charge in [0.25, 0.3) is 0 Å². The average Bonchev–Trinajstić information content (AvgIpc) is 3.11. The maximum atomic E-state index is 5.69. The van der Waals surface area contributed by atoms with Gasteiger partial charge in [0.15, 0.2) is 0 Å². The first kappa shape index (κ1) is 14.6. The molecular formula is C15H25NO3. The van der Waals surface area contributed by atoms with Crippen LogP contribution in [0.2, 0.25) is 0 Å². The van der Waals surface area contributed by atoms with Gasteiger partial charge in [-0.05, 0) is 39.7 Å². The molecule has 1 aromatic heterocycles. The van der Waals surface area contributed by atoms with Crippen molar-refractivity contribution in [1.29, 1.82) is 0 Å². The number of nitrogens with one attached hydrogen (secondary N) is 1. The average molecular weight is 267 g/mol. The fourth-order valence-corrected chi connectivity index (χ4v) is 1.89. The van der Waals surface area contributed by atoms with Crippen molar-refractivity contribution in [2.75, 3.05) is 13.2 Å². The summed E-state index contributed by atoms with van der Waals surface area (Å²) in [7, 11) is 0. The molecule has 0 aromatic carbocycles. The highest BCUT2D eigenvalue weighted by Gasteiger charge is 2.20. The Hall–Kier alpha value is -0.840. The summed E-state index contributed by atoms with van der Waals surface area (Å²) in [6, 6.07) is 2.82. The van der Waals surface area contributed by atoms with Gasteiger partial charge in [0, 0.05) is 18.2 Å². The molecule has 0 unspecified atom stereocenters. The highest BCUT2D eigenvalue weighted by molar-refractivity contribution is 5.20. The molecule has 1 saturated carbocycles. The second kappa shape index (κ2) is 7.08. The molecule has 1 aromatic rings. The van der Waals surface area contributed by atoms with Crippen molar-refractivity contribution in [3.05, 3.63) is 23.2 Å². The van der Waals surface area contributed by atoms with Crippen LogP contribution in [0, 0.1) is 6.92 Å². The van der Waals surface area contributed by atoms with E-state index in [4.69, 9.17) is 13.9 Å². The molecule has 1 aliphatic carbocycles. The summed E-state index contributed by atoms with van der Waals surface area (Å²) < 4.78 is 16.6. The van der Waals surface area contributed by atoms with Gasteiger partial charge >= 0.3 is 0 Å². The van der Waals surface area contributed by atoms with E-state index in [1.807, 2.05) is 20.8 Å². The fraction of sp³-hybridized carbons (Fsp3) is 0.733. The summed E-state index contributed by atoms with van der Waals surface area (Å²) in [5, 5.41) is 3.50. The SMILES string of the molecule is Cc1oc(COCCOC(C)C)cc1CNC1CC1. The fourth-order valence-electron chi connectivity index (χ4n) is 1.89. The minimum absolute atomic E-state index is 0.259. The molecule has 0 atom stereocenters. The zero-order chi connectivity index (χ0) is 13.7. The lowest BCUT2D eigenvalue weighted by Gasteiger charge is -2.06. The molecule has 0 saturated heterocycles. The topological polar surface area (TPSA) is 43.6 Å². The summed E-state index contributed by atoms with van der Waals surface area (Å²) in [6.07, 6.45) is 2.88. The molecular weight excluding hydrogens is 242 g/mol. The number of hydrogen-bond donors (Lipinski definition) is 1. The highest BCUT2D eigenvalue weighted by Crippen LogP contribution is 2.21. The Kier molecular flexibility index (Phi) is 5.43. The first-order valence-corrected chi connectivity index (χ1v) is 7.16. The van der Waals surface area contributed by atoms with Gasteiger partial charge in [-0.1, -0.05) is 0 Å². The van der Waals surface area contributed by atoms with E-state index in [0.717, 1.165) is 24.1 Å². The predicted octanol–water partition coefficient (Wildman–Crippen LogP) is 2.78. The van der Waals surface area contributed by atoms with E-state index < -0.39 is 0 Å². The summed E-state index contributed by atoms with van der Waals surface area (Å²) in [5.41, 5.74) is 1.24. The van der Waals surface area contributed by atoms with Crippen molar-refractivity contribution in [3.63, 3.8) is 0 Å². The number of hydrogen-bond acceptors (Lipinski definition) is 4. The lowest BCUT2D eigenvalue weighted by atomic mass is 10.2. The standard InChI is InChI=1S/C15H25NO3/c1-11(2)18-7-6-17-10-15-8-13(12(3)19-15)9-16-14-4-5-14/h8,11,14,16H,4-7,9-10H2,1-3H3. The Bertz CT molecular complexity index is 383. The van der Waals surface area contributed by atoms with E-state index in [9.17, 15) is 0 Å². The van der Waals surface area contributed by atoms with Crippen LogP contribution in [0.1, 0.15) is 43.8 Å². The van der Waals surface area contributed by atoms with Crippen molar-refractivity contribution >= 4 is 0 Å². The van der Waals surface area contributed by atoms with Crippen LogP contribution in [0.3, 0.4) is 0 Å². The van der Waals surface area contributed by atoms with Crippen LogP contribution in [0.25, 0.3) is 0 Å². The third-order valence-corrected chi connectivity index (χ3v) is 3.15. The Balaban J connectivity index is 1.66. The van der Waals surface area contributed by atoms with Gasteiger partial charge in [0.1, 0.15) is 18.1 Å². The van der Waals surface area contributed by atoms with E-state index in [0.29, 0.717) is 19.8 Å². The molecule has 4 nitrogen and oxygen atoms in total. The normalized spacial score (nSPS) is 15.4. The van der Waals surface area contributed by atoms with Crippen molar-refractivity contribution in [3.8, 4) is 0 Å². The molecule has 0 spiro atoms. The lowest BCUT2D eigenvalue weighted by Crippen LogP contribution is -2.15. The van der Waals surface area contributed by atoms with E-state index in [1.165, 1.54) is 18.4 Å². The summed E-state index contributed by atoms with van der Waals surface area (Å²) in [4.78, 5) is 0. The molecule has 0 aliphatic heterocycles. The Labute approximate surface area is 115 Å². The second-order valence-corrected chi connectivity index (χ2v) is 5.42. The van der Waals surface area contributed by atoms with Gasteiger partial charge in [-0.25, -0.2) is 0 Å². The maximum Gasteiger partial charge on any atom is 0.130 e. The number of ether oxygens (including phenoxy) is 2. The largest absolute Gasteiger partial charge is 0.464 e. The molecule has 2 rings (SSSR count). The molecule has 19 heavy (non-hydrogen) atoms. The van der Waals surface area contributed by atoms with Gasteiger partial charge < -0.3 is 19.2 Å². The number of furan rings is 1. The first-order valence-electron chi connectivity index (χ1n) is 7.16. The summed E-state index contributed by atoms with van der Waals surface area (Å²) >= 11 is 0. The molecule has 108 valence electrons. The Morgan fingerprint density at radius 1 is 1.37 bits per heavy atom. The van der Waals surface area contributed by atoms with E-state index in [2.05, 4.69) is 11.4 Å². The molecule has 0 amide bonds. The van der Waals surface area contributed by atoms with Gasteiger partial charge in [-0.15, -0.1) is 0 Å². The van der Waals surface area contributed by atoms with Crippen LogP contribution in [-0.2, 0) is 22.6 Å². The van der Waals surface area contributed by atoms with E-state index in [1.54, 1.807) is 0 Å².